The smallest absolute Gasteiger partial charge is 0.323 e. The topological polar surface area (TPSA) is 52.6 Å². The number of aliphatic carboxylic acids is 1. The van der Waals surface area contributed by atoms with Crippen LogP contribution in [0.4, 0.5) is 0 Å². The third-order valence-corrected chi connectivity index (χ3v) is 5.03. The van der Waals surface area contributed by atoms with Crippen molar-refractivity contribution >= 4 is 5.97 Å². The van der Waals surface area contributed by atoms with E-state index in [-0.39, 0.29) is 0 Å². The number of likely N-dealkylation sites (N-methyl/N-ethyl adjacent to an activating group) is 1. The van der Waals surface area contributed by atoms with Gasteiger partial charge in [0, 0.05) is 18.6 Å². The summed E-state index contributed by atoms with van der Waals surface area (Å²) < 4.78 is 0. The molecule has 3 saturated carbocycles. The van der Waals surface area contributed by atoms with Gasteiger partial charge >= 0.3 is 5.97 Å². The van der Waals surface area contributed by atoms with Crippen molar-refractivity contribution in [2.45, 2.75) is 62.6 Å². The van der Waals surface area contributed by atoms with Crippen molar-refractivity contribution in [1.82, 2.24) is 10.2 Å². The average Bonchev–Trinajstić information content (AvgIpc) is 3.24. The number of nitrogens with one attached hydrogen (secondary N) is 1. The SMILES string of the molecule is CNC1(C(=O)O)CCC(N(CC2CC2)C2CC2)C1. The quantitative estimate of drug-likeness (QED) is 0.751. The van der Waals surface area contributed by atoms with Crippen molar-refractivity contribution in [1.29, 1.82) is 0 Å². The molecule has 0 aromatic heterocycles. The highest BCUT2D eigenvalue weighted by atomic mass is 16.4. The second-order valence-corrected chi connectivity index (χ2v) is 6.41. The molecule has 4 nitrogen and oxygen atoms in total. The molecule has 3 fully saturated rings. The van der Waals surface area contributed by atoms with Gasteiger partial charge in [0.25, 0.3) is 0 Å². The van der Waals surface area contributed by atoms with Crippen LogP contribution in [0, 0.1) is 5.92 Å². The first-order valence-electron chi connectivity index (χ1n) is 7.33. The van der Waals surface area contributed by atoms with Gasteiger partial charge < -0.3 is 10.4 Å². The first-order chi connectivity index (χ1) is 8.64. The Morgan fingerprint density at radius 3 is 2.44 bits per heavy atom. The highest BCUT2D eigenvalue weighted by molar-refractivity contribution is 5.79. The molecule has 4 heteroatoms. The molecule has 3 aliphatic carbocycles. The molecule has 3 rings (SSSR count). The van der Waals surface area contributed by atoms with E-state index in [1.165, 1.54) is 32.2 Å². The highest BCUT2D eigenvalue weighted by Gasteiger charge is 2.48. The third kappa shape index (κ3) is 2.28. The summed E-state index contributed by atoms with van der Waals surface area (Å²) in [5.74, 6) is 0.231. The number of carboxylic acids is 1. The third-order valence-electron chi connectivity index (χ3n) is 5.03. The van der Waals surface area contributed by atoms with Crippen LogP contribution in [0.25, 0.3) is 0 Å². The number of carboxylic acid groups (broad SMARTS) is 1. The minimum Gasteiger partial charge on any atom is -0.480 e. The van der Waals surface area contributed by atoms with E-state index in [1.807, 2.05) is 0 Å². The summed E-state index contributed by atoms with van der Waals surface area (Å²) in [5.41, 5.74) is -0.665. The Morgan fingerprint density at radius 2 is 2.00 bits per heavy atom. The van der Waals surface area contributed by atoms with Crippen LogP contribution in [0.15, 0.2) is 0 Å². The van der Waals surface area contributed by atoms with E-state index in [1.54, 1.807) is 7.05 Å². The van der Waals surface area contributed by atoms with Gasteiger partial charge in [0.1, 0.15) is 5.54 Å². The number of carbonyl (C=O) groups is 1. The van der Waals surface area contributed by atoms with Crippen LogP contribution in [0.2, 0.25) is 0 Å². The Kier molecular flexibility index (Phi) is 3.10. The lowest BCUT2D eigenvalue weighted by molar-refractivity contribution is -0.144. The maximum Gasteiger partial charge on any atom is 0.323 e. The molecule has 2 atom stereocenters. The first-order valence-corrected chi connectivity index (χ1v) is 7.33. The molecule has 0 aromatic rings. The van der Waals surface area contributed by atoms with E-state index in [4.69, 9.17) is 0 Å². The van der Waals surface area contributed by atoms with Gasteiger partial charge in [-0.1, -0.05) is 0 Å². The van der Waals surface area contributed by atoms with Gasteiger partial charge in [-0.05, 0) is 57.9 Å². The minimum atomic E-state index is -0.672. The highest BCUT2D eigenvalue weighted by Crippen LogP contribution is 2.41. The van der Waals surface area contributed by atoms with Gasteiger partial charge in [-0.3, -0.25) is 9.69 Å². The van der Waals surface area contributed by atoms with Crippen LogP contribution in [0.5, 0.6) is 0 Å². The molecule has 0 aromatic carbocycles. The Hall–Kier alpha value is -0.610. The van der Waals surface area contributed by atoms with E-state index in [0.29, 0.717) is 6.04 Å². The Labute approximate surface area is 109 Å². The second-order valence-electron chi connectivity index (χ2n) is 6.41. The van der Waals surface area contributed by atoms with Crippen LogP contribution in [-0.4, -0.2) is 47.2 Å². The molecule has 3 aliphatic rings. The number of rotatable bonds is 6. The molecule has 0 bridgehead atoms. The molecular weight excluding hydrogens is 228 g/mol. The van der Waals surface area contributed by atoms with Crippen molar-refractivity contribution in [3.05, 3.63) is 0 Å². The second kappa shape index (κ2) is 4.49. The van der Waals surface area contributed by atoms with Crippen LogP contribution in [0.1, 0.15) is 44.9 Å². The lowest BCUT2D eigenvalue weighted by Crippen LogP contribution is -2.50. The normalized spacial score (nSPS) is 36.2. The summed E-state index contributed by atoms with van der Waals surface area (Å²) in [5, 5.41) is 12.5. The summed E-state index contributed by atoms with van der Waals surface area (Å²) in [6, 6.07) is 1.25. The molecular formula is C14H24N2O2. The molecule has 18 heavy (non-hydrogen) atoms. The number of hydrogen-bond acceptors (Lipinski definition) is 3. The van der Waals surface area contributed by atoms with Crippen molar-refractivity contribution in [3.8, 4) is 0 Å². The molecule has 2 unspecified atom stereocenters. The van der Waals surface area contributed by atoms with Gasteiger partial charge in [0.05, 0.1) is 0 Å². The fourth-order valence-electron chi connectivity index (χ4n) is 3.43. The zero-order valence-electron chi connectivity index (χ0n) is 11.2. The molecule has 0 saturated heterocycles. The monoisotopic (exact) mass is 252 g/mol. The van der Waals surface area contributed by atoms with Crippen LogP contribution in [0.3, 0.4) is 0 Å². The van der Waals surface area contributed by atoms with Crippen LogP contribution in [-0.2, 0) is 4.79 Å². The largest absolute Gasteiger partial charge is 0.480 e. The van der Waals surface area contributed by atoms with Crippen LogP contribution >= 0.6 is 0 Å². The van der Waals surface area contributed by atoms with E-state index >= 15 is 0 Å². The predicted octanol–water partition coefficient (Wildman–Crippen LogP) is 1.46. The fraction of sp³-hybridized carbons (Fsp3) is 0.929. The maximum atomic E-state index is 11.5. The standard InChI is InChI=1S/C14H24N2O2/c1-15-14(13(17)18)7-6-12(8-14)16(11-4-5-11)9-10-2-3-10/h10-12,15H,2-9H2,1H3,(H,17,18). The van der Waals surface area contributed by atoms with Crippen molar-refractivity contribution in [2.75, 3.05) is 13.6 Å². The molecule has 0 amide bonds. The Bertz CT molecular complexity index is 339. The average molecular weight is 252 g/mol. The lowest BCUT2D eigenvalue weighted by Gasteiger charge is -2.31. The van der Waals surface area contributed by atoms with Gasteiger partial charge in [-0.15, -0.1) is 0 Å². The molecule has 102 valence electrons. The minimum absolute atomic E-state index is 0.488. The van der Waals surface area contributed by atoms with E-state index < -0.39 is 11.5 Å². The van der Waals surface area contributed by atoms with Gasteiger partial charge in [0.2, 0.25) is 0 Å². The van der Waals surface area contributed by atoms with Crippen LogP contribution < -0.4 is 5.32 Å². The summed E-state index contributed by atoms with van der Waals surface area (Å²) in [6.45, 7) is 1.22. The Balaban J connectivity index is 1.66. The van der Waals surface area contributed by atoms with Gasteiger partial charge in [0.15, 0.2) is 0 Å². The summed E-state index contributed by atoms with van der Waals surface area (Å²) in [4.78, 5) is 14.1. The Morgan fingerprint density at radius 1 is 1.28 bits per heavy atom. The predicted molar refractivity (Wildman–Crippen MR) is 69.5 cm³/mol. The molecule has 0 spiro atoms. The fourth-order valence-corrected chi connectivity index (χ4v) is 3.43. The summed E-state index contributed by atoms with van der Waals surface area (Å²) >= 11 is 0. The zero-order chi connectivity index (χ0) is 12.8. The molecule has 0 radical (unpaired) electrons. The van der Waals surface area contributed by atoms with Gasteiger partial charge in [-0.2, -0.15) is 0 Å². The van der Waals surface area contributed by atoms with E-state index in [2.05, 4.69) is 10.2 Å². The summed E-state index contributed by atoms with van der Waals surface area (Å²) in [6.07, 6.45) is 8.00. The molecule has 0 aliphatic heterocycles. The first kappa shape index (κ1) is 12.4. The van der Waals surface area contributed by atoms with E-state index in [9.17, 15) is 9.90 Å². The van der Waals surface area contributed by atoms with E-state index in [0.717, 1.165) is 31.2 Å². The van der Waals surface area contributed by atoms with Crippen molar-refractivity contribution in [2.24, 2.45) is 5.92 Å². The van der Waals surface area contributed by atoms with Gasteiger partial charge in [-0.25, -0.2) is 0 Å². The zero-order valence-corrected chi connectivity index (χ0v) is 11.2. The number of nitrogens with zero attached hydrogens (tertiary/aromatic N) is 1. The number of hydrogen-bond donors (Lipinski definition) is 2. The van der Waals surface area contributed by atoms with Crippen molar-refractivity contribution in [3.63, 3.8) is 0 Å². The molecule has 0 heterocycles. The lowest BCUT2D eigenvalue weighted by atomic mass is 9.97. The summed E-state index contributed by atoms with van der Waals surface area (Å²) in [7, 11) is 1.79. The molecule has 2 N–H and O–H groups in total. The van der Waals surface area contributed by atoms with Crippen molar-refractivity contribution < 1.29 is 9.90 Å². The maximum absolute atomic E-state index is 11.5.